The predicted molar refractivity (Wildman–Crippen MR) is 76.9 cm³/mol. The molecule has 0 saturated heterocycles. The van der Waals surface area contributed by atoms with Crippen LogP contribution < -0.4 is 0 Å². The topological polar surface area (TPSA) is 18.8 Å². The quantitative estimate of drug-likeness (QED) is 0.606. The summed E-state index contributed by atoms with van der Waals surface area (Å²) in [5, 5.41) is 2.14. The Morgan fingerprint density at radius 3 is 2.41 bits per heavy atom. The van der Waals surface area contributed by atoms with Gasteiger partial charge in [0.1, 0.15) is 0 Å². The molecular formula is C13H23N3S. The van der Waals surface area contributed by atoms with Gasteiger partial charge in [-0.05, 0) is 23.8 Å². The summed E-state index contributed by atoms with van der Waals surface area (Å²) in [5.74, 6) is 1.62. The average molecular weight is 253 g/mol. The maximum atomic E-state index is 4.68. The molecule has 96 valence electrons. The minimum Gasteiger partial charge on any atom is -0.349 e. The third-order valence-electron chi connectivity index (χ3n) is 2.47. The first-order valence-electron chi connectivity index (χ1n) is 5.92. The van der Waals surface area contributed by atoms with E-state index in [1.165, 1.54) is 4.88 Å². The molecule has 0 aliphatic carbocycles. The Balaban J connectivity index is 2.50. The highest BCUT2D eigenvalue weighted by Gasteiger charge is 2.07. The Bertz CT molecular complexity index is 332. The lowest BCUT2D eigenvalue weighted by atomic mass is 10.1. The van der Waals surface area contributed by atoms with Crippen LogP contribution in [0.25, 0.3) is 0 Å². The van der Waals surface area contributed by atoms with Gasteiger partial charge in [0.05, 0.1) is 0 Å². The summed E-state index contributed by atoms with van der Waals surface area (Å²) in [4.78, 5) is 10.2. The molecule has 1 rings (SSSR count). The molecule has 0 amide bonds. The van der Waals surface area contributed by atoms with Gasteiger partial charge >= 0.3 is 0 Å². The van der Waals surface area contributed by atoms with Gasteiger partial charge < -0.3 is 9.80 Å². The van der Waals surface area contributed by atoms with Gasteiger partial charge in [0.2, 0.25) is 0 Å². The Morgan fingerprint density at radius 1 is 1.29 bits per heavy atom. The lowest BCUT2D eigenvalue weighted by Gasteiger charge is -2.23. The van der Waals surface area contributed by atoms with Crippen molar-refractivity contribution in [1.82, 2.24) is 9.80 Å². The van der Waals surface area contributed by atoms with Crippen LogP contribution in [0.3, 0.4) is 0 Å². The van der Waals surface area contributed by atoms with Crippen LogP contribution >= 0.6 is 11.3 Å². The molecule has 0 fully saturated rings. The number of hydrogen-bond acceptors (Lipinski definition) is 2. The number of rotatable bonds is 4. The minimum absolute atomic E-state index is 0.587. The Morgan fingerprint density at radius 2 is 1.94 bits per heavy atom. The van der Waals surface area contributed by atoms with Gasteiger partial charge in [0.15, 0.2) is 5.96 Å². The molecule has 0 aromatic carbocycles. The predicted octanol–water partition coefficient (Wildman–Crippen LogP) is 2.41. The molecule has 0 N–H and O–H groups in total. The van der Waals surface area contributed by atoms with E-state index in [1.807, 2.05) is 39.5 Å². The van der Waals surface area contributed by atoms with Crippen molar-refractivity contribution in [3.8, 4) is 0 Å². The molecule has 1 unspecified atom stereocenters. The second-order valence-corrected chi connectivity index (χ2v) is 5.85. The monoisotopic (exact) mass is 253 g/mol. The van der Waals surface area contributed by atoms with Crippen LogP contribution in [0, 0.1) is 5.92 Å². The van der Waals surface area contributed by atoms with Crippen molar-refractivity contribution in [2.45, 2.75) is 13.3 Å². The summed E-state index contributed by atoms with van der Waals surface area (Å²) >= 11 is 1.83. The largest absolute Gasteiger partial charge is 0.349 e. The molecule has 0 aliphatic heterocycles. The van der Waals surface area contributed by atoms with Crippen LogP contribution in [-0.4, -0.2) is 50.5 Å². The molecule has 4 heteroatoms. The van der Waals surface area contributed by atoms with Gasteiger partial charge in [0, 0.05) is 39.6 Å². The summed E-state index contributed by atoms with van der Waals surface area (Å²) in [6.07, 6.45) is 1.12. The SMILES string of the molecule is CC(CN=C(N(C)C)N(C)C)Cc1cccs1. The zero-order chi connectivity index (χ0) is 12.8. The van der Waals surface area contributed by atoms with Crippen LogP contribution in [0.1, 0.15) is 11.8 Å². The van der Waals surface area contributed by atoms with Crippen molar-refractivity contribution in [1.29, 1.82) is 0 Å². The Kier molecular flexibility index (Phi) is 5.48. The highest BCUT2D eigenvalue weighted by molar-refractivity contribution is 7.09. The molecule has 1 heterocycles. The summed E-state index contributed by atoms with van der Waals surface area (Å²) < 4.78 is 0. The number of guanidine groups is 1. The molecule has 17 heavy (non-hydrogen) atoms. The van der Waals surface area contributed by atoms with Gasteiger partial charge in [-0.3, -0.25) is 4.99 Å². The molecule has 3 nitrogen and oxygen atoms in total. The molecule has 0 radical (unpaired) electrons. The zero-order valence-corrected chi connectivity index (χ0v) is 12.3. The third-order valence-corrected chi connectivity index (χ3v) is 3.37. The molecule has 1 aromatic heterocycles. The number of hydrogen-bond donors (Lipinski definition) is 0. The van der Waals surface area contributed by atoms with E-state index in [2.05, 4.69) is 39.2 Å². The molecule has 1 aromatic rings. The molecule has 0 aliphatic rings. The van der Waals surface area contributed by atoms with Gasteiger partial charge in [-0.2, -0.15) is 0 Å². The molecule has 0 saturated carbocycles. The van der Waals surface area contributed by atoms with Crippen molar-refractivity contribution < 1.29 is 0 Å². The van der Waals surface area contributed by atoms with Gasteiger partial charge in [-0.15, -0.1) is 11.3 Å². The first-order chi connectivity index (χ1) is 8.00. The summed E-state index contributed by atoms with van der Waals surface area (Å²) in [5.41, 5.74) is 0. The fraction of sp³-hybridized carbons (Fsp3) is 0.615. The van der Waals surface area contributed by atoms with E-state index in [0.29, 0.717) is 5.92 Å². The Hall–Kier alpha value is -1.03. The van der Waals surface area contributed by atoms with Crippen molar-refractivity contribution in [2.24, 2.45) is 10.9 Å². The van der Waals surface area contributed by atoms with E-state index in [1.54, 1.807) is 0 Å². The fourth-order valence-electron chi connectivity index (χ4n) is 1.76. The standard InChI is InChI=1S/C13H23N3S/c1-11(9-12-7-6-8-17-12)10-14-13(15(2)3)16(4)5/h6-8,11H,9-10H2,1-5H3. The number of nitrogens with zero attached hydrogens (tertiary/aromatic N) is 3. The maximum absolute atomic E-state index is 4.68. The summed E-state index contributed by atoms with van der Waals surface area (Å²) in [6.45, 7) is 3.13. The van der Waals surface area contributed by atoms with Crippen LogP contribution in [0.5, 0.6) is 0 Å². The normalized spacial score (nSPS) is 12.1. The van der Waals surface area contributed by atoms with Crippen molar-refractivity contribution in [3.63, 3.8) is 0 Å². The van der Waals surface area contributed by atoms with Gasteiger partial charge in [0.25, 0.3) is 0 Å². The van der Waals surface area contributed by atoms with E-state index < -0.39 is 0 Å². The van der Waals surface area contributed by atoms with E-state index in [4.69, 9.17) is 0 Å². The zero-order valence-electron chi connectivity index (χ0n) is 11.5. The van der Waals surface area contributed by atoms with Crippen LogP contribution in [-0.2, 0) is 6.42 Å². The molecular weight excluding hydrogens is 230 g/mol. The second kappa shape index (κ2) is 6.64. The first kappa shape index (κ1) is 14.0. The van der Waals surface area contributed by atoms with Crippen LogP contribution in [0.4, 0.5) is 0 Å². The summed E-state index contributed by atoms with van der Waals surface area (Å²) in [7, 11) is 8.12. The third kappa shape index (κ3) is 4.77. The number of thiophene rings is 1. The Labute approximate surface area is 109 Å². The average Bonchev–Trinajstić information content (AvgIpc) is 2.69. The van der Waals surface area contributed by atoms with E-state index in [0.717, 1.165) is 18.9 Å². The van der Waals surface area contributed by atoms with E-state index in [-0.39, 0.29) is 0 Å². The van der Waals surface area contributed by atoms with Gasteiger partial charge in [-0.25, -0.2) is 0 Å². The number of aliphatic imine (C=N–C) groups is 1. The van der Waals surface area contributed by atoms with Crippen molar-refractivity contribution in [3.05, 3.63) is 22.4 Å². The van der Waals surface area contributed by atoms with E-state index >= 15 is 0 Å². The fourth-order valence-corrected chi connectivity index (χ4v) is 2.63. The van der Waals surface area contributed by atoms with E-state index in [9.17, 15) is 0 Å². The molecule has 0 spiro atoms. The summed E-state index contributed by atoms with van der Waals surface area (Å²) in [6, 6.07) is 4.31. The lowest BCUT2D eigenvalue weighted by Crippen LogP contribution is -2.35. The minimum atomic E-state index is 0.587. The van der Waals surface area contributed by atoms with Gasteiger partial charge in [-0.1, -0.05) is 13.0 Å². The highest BCUT2D eigenvalue weighted by atomic mass is 32.1. The van der Waals surface area contributed by atoms with Crippen molar-refractivity contribution >= 4 is 17.3 Å². The maximum Gasteiger partial charge on any atom is 0.195 e. The second-order valence-electron chi connectivity index (χ2n) is 4.82. The van der Waals surface area contributed by atoms with Crippen molar-refractivity contribution in [2.75, 3.05) is 34.7 Å². The lowest BCUT2D eigenvalue weighted by molar-refractivity contribution is 0.472. The van der Waals surface area contributed by atoms with Crippen LogP contribution in [0.15, 0.2) is 22.5 Å². The highest BCUT2D eigenvalue weighted by Crippen LogP contribution is 2.14. The molecule has 1 atom stereocenters. The smallest absolute Gasteiger partial charge is 0.195 e. The van der Waals surface area contributed by atoms with Crippen LogP contribution in [0.2, 0.25) is 0 Å². The molecule has 0 bridgehead atoms. The first-order valence-corrected chi connectivity index (χ1v) is 6.80.